The third-order valence-corrected chi connectivity index (χ3v) is 6.50. The lowest BCUT2D eigenvalue weighted by atomic mass is 10.0. The molecule has 2 aromatic heterocycles. The van der Waals surface area contributed by atoms with Crippen LogP contribution in [0.3, 0.4) is 0 Å². The predicted octanol–water partition coefficient (Wildman–Crippen LogP) is 1.70. The minimum atomic E-state index is -0.653. The summed E-state index contributed by atoms with van der Waals surface area (Å²) in [6.45, 7) is 8.82. The zero-order valence-electron chi connectivity index (χ0n) is 20.9. The van der Waals surface area contributed by atoms with Gasteiger partial charge in [-0.25, -0.2) is 9.78 Å². The fraction of sp³-hybridized carbons (Fsp3) is 0.423. The molecule has 10 heteroatoms. The highest BCUT2D eigenvalue weighted by molar-refractivity contribution is 6.05. The quantitative estimate of drug-likeness (QED) is 0.518. The number of nitrogens with zero attached hydrogens (tertiary/aromatic N) is 4. The van der Waals surface area contributed by atoms with Gasteiger partial charge in [0.1, 0.15) is 0 Å². The van der Waals surface area contributed by atoms with Crippen LogP contribution >= 0.6 is 0 Å². The molecule has 0 aliphatic carbocycles. The molecule has 1 saturated heterocycles. The molecule has 190 valence electrons. The Morgan fingerprint density at radius 3 is 2.42 bits per heavy atom. The van der Waals surface area contributed by atoms with Gasteiger partial charge in [-0.3, -0.25) is 23.9 Å². The van der Waals surface area contributed by atoms with Crippen LogP contribution in [0, 0.1) is 0 Å². The zero-order chi connectivity index (χ0) is 25.8. The number of H-pyrrole nitrogens is 1. The molecule has 1 aromatic carbocycles. The van der Waals surface area contributed by atoms with Crippen molar-refractivity contribution in [2.24, 2.45) is 0 Å². The first-order valence-electron chi connectivity index (χ1n) is 12.3. The number of hydrogen-bond acceptors (Lipinski definition) is 6. The second-order valence-corrected chi connectivity index (χ2v) is 9.16. The number of carbonyl (C=O) groups is 2. The monoisotopic (exact) mass is 492 g/mol. The van der Waals surface area contributed by atoms with Gasteiger partial charge in [0.2, 0.25) is 5.91 Å². The number of para-hydroxylation sites is 1. The molecule has 0 atom stereocenters. The van der Waals surface area contributed by atoms with Crippen LogP contribution < -0.4 is 21.5 Å². The molecule has 10 nitrogen and oxygen atoms in total. The van der Waals surface area contributed by atoms with E-state index < -0.39 is 17.2 Å². The lowest BCUT2D eigenvalue weighted by Crippen LogP contribution is -2.49. The van der Waals surface area contributed by atoms with E-state index in [4.69, 9.17) is 0 Å². The van der Waals surface area contributed by atoms with Crippen molar-refractivity contribution >= 4 is 28.5 Å². The van der Waals surface area contributed by atoms with Crippen molar-refractivity contribution in [3.8, 4) is 0 Å². The second kappa shape index (κ2) is 10.8. The van der Waals surface area contributed by atoms with E-state index in [1.54, 1.807) is 13.0 Å². The zero-order valence-corrected chi connectivity index (χ0v) is 20.9. The summed E-state index contributed by atoms with van der Waals surface area (Å²) in [7, 11) is 0. The van der Waals surface area contributed by atoms with Crippen LogP contribution in [0.25, 0.3) is 11.0 Å². The fourth-order valence-electron chi connectivity index (χ4n) is 4.45. The SMILES string of the molecule is CCn1c(=O)[nH]c(=O)c2c(C(=O)NCCC(=O)N3CCN(c4ccccc4)CC3)cc(C(C)C)nc21. The molecule has 0 radical (unpaired) electrons. The van der Waals surface area contributed by atoms with Crippen molar-refractivity contribution in [1.29, 1.82) is 0 Å². The largest absolute Gasteiger partial charge is 0.368 e. The van der Waals surface area contributed by atoms with Crippen LogP contribution in [0.4, 0.5) is 5.69 Å². The third kappa shape index (κ3) is 5.17. The molecule has 3 aromatic rings. The summed E-state index contributed by atoms with van der Waals surface area (Å²) in [6.07, 6.45) is 0.160. The molecule has 4 rings (SSSR count). The molecule has 2 amide bonds. The number of fused-ring (bicyclic) bond motifs is 1. The van der Waals surface area contributed by atoms with E-state index in [-0.39, 0.29) is 41.4 Å². The number of aromatic nitrogens is 3. The average molecular weight is 493 g/mol. The van der Waals surface area contributed by atoms with E-state index in [2.05, 4.69) is 32.3 Å². The van der Waals surface area contributed by atoms with Crippen molar-refractivity contribution < 1.29 is 9.59 Å². The van der Waals surface area contributed by atoms with Crippen molar-refractivity contribution in [2.75, 3.05) is 37.6 Å². The van der Waals surface area contributed by atoms with Crippen LogP contribution in [-0.4, -0.2) is 64.0 Å². The van der Waals surface area contributed by atoms with Gasteiger partial charge in [-0.15, -0.1) is 0 Å². The Kier molecular flexibility index (Phi) is 7.52. The molecule has 0 saturated carbocycles. The lowest BCUT2D eigenvalue weighted by molar-refractivity contribution is -0.131. The third-order valence-electron chi connectivity index (χ3n) is 6.50. The van der Waals surface area contributed by atoms with Gasteiger partial charge in [0.05, 0.1) is 10.9 Å². The maximum absolute atomic E-state index is 13.1. The van der Waals surface area contributed by atoms with Gasteiger partial charge in [0, 0.05) is 57.1 Å². The number of carbonyl (C=O) groups excluding carboxylic acids is 2. The summed E-state index contributed by atoms with van der Waals surface area (Å²) in [5, 5.41) is 2.85. The molecule has 3 heterocycles. The van der Waals surface area contributed by atoms with Gasteiger partial charge in [0.25, 0.3) is 11.5 Å². The molecule has 0 unspecified atom stereocenters. The summed E-state index contributed by atoms with van der Waals surface area (Å²) in [5.74, 6) is -0.516. The number of pyridine rings is 1. The minimum absolute atomic E-state index is 0.0169. The maximum Gasteiger partial charge on any atom is 0.329 e. The fourth-order valence-corrected chi connectivity index (χ4v) is 4.45. The van der Waals surface area contributed by atoms with E-state index in [0.717, 1.165) is 18.8 Å². The van der Waals surface area contributed by atoms with Crippen LogP contribution in [0.15, 0.2) is 46.0 Å². The smallest absolute Gasteiger partial charge is 0.329 e. The number of benzene rings is 1. The van der Waals surface area contributed by atoms with E-state index in [1.807, 2.05) is 36.9 Å². The number of nitrogens with one attached hydrogen (secondary N) is 2. The maximum atomic E-state index is 13.1. The number of aryl methyl sites for hydroxylation is 1. The number of aromatic amines is 1. The second-order valence-electron chi connectivity index (χ2n) is 9.16. The van der Waals surface area contributed by atoms with E-state index in [1.165, 1.54) is 4.57 Å². The lowest BCUT2D eigenvalue weighted by Gasteiger charge is -2.36. The van der Waals surface area contributed by atoms with Crippen LogP contribution in [-0.2, 0) is 11.3 Å². The molecule has 0 spiro atoms. The van der Waals surface area contributed by atoms with Crippen LogP contribution in [0.2, 0.25) is 0 Å². The Morgan fingerprint density at radius 1 is 1.08 bits per heavy atom. The summed E-state index contributed by atoms with van der Waals surface area (Å²) in [5.41, 5.74) is 0.872. The van der Waals surface area contributed by atoms with Crippen LogP contribution in [0.5, 0.6) is 0 Å². The first kappa shape index (κ1) is 25.2. The standard InChI is InChI=1S/C26H32N6O4/c1-4-32-23-22(25(35)29-26(32)36)19(16-20(28-23)17(2)3)24(34)27-11-10-21(33)31-14-12-30(13-15-31)18-8-6-5-7-9-18/h5-9,16-17H,4,10-15H2,1-3H3,(H,27,34)(H,29,35,36). The number of anilines is 1. The molecule has 2 N–H and O–H groups in total. The van der Waals surface area contributed by atoms with Gasteiger partial charge in [0.15, 0.2) is 5.65 Å². The summed E-state index contributed by atoms with van der Waals surface area (Å²) in [4.78, 5) is 61.6. The molecular formula is C26H32N6O4. The Morgan fingerprint density at radius 2 is 1.78 bits per heavy atom. The predicted molar refractivity (Wildman–Crippen MR) is 139 cm³/mol. The summed E-state index contributed by atoms with van der Waals surface area (Å²) < 4.78 is 1.35. The Hall–Kier alpha value is -3.95. The van der Waals surface area contributed by atoms with E-state index in [0.29, 0.717) is 25.3 Å². The molecule has 36 heavy (non-hydrogen) atoms. The van der Waals surface area contributed by atoms with E-state index in [9.17, 15) is 19.2 Å². The highest BCUT2D eigenvalue weighted by atomic mass is 16.2. The summed E-state index contributed by atoms with van der Waals surface area (Å²) >= 11 is 0. The van der Waals surface area contributed by atoms with Crippen molar-refractivity contribution in [3.63, 3.8) is 0 Å². The molecular weight excluding hydrogens is 460 g/mol. The van der Waals surface area contributed by atoms with Gasteiger partial charge >= 0.3 is 5.69 Å². The number of amides is 2. The molecule has 0 bridgehead atoms. The molecule has 1 aliphatic heterocycles. The normalized spacial score (nSPS) is 13.9. The van der Waals surface area contributed by atoms with Gasteiger partial charge in [-0.05, 0) is 31.0 Å². The highest BCUT2D eigenvalue weighted by Crippen LogP contribution is 2.20. The highest BCUT2D eigenvalue weighted by Gasteiger charge is 2.23. The molecule has 1 aliphatic rings. The Bertz CT molecular complexity index is 1370. The average Bonchev–Trinajstić information content (AvgIpc) is 2.88. The van der Waals surface area contributed by atoms with E-state index >= 15 is 0 Å². The number of hydrogen-bond donors (Lipinski definition) is 2. The first-order chi connectivity index (χ1) is 17.3. The van der Waals surface area contributed by atoms with Crippen molar-refractivity contribution in [2.45, 2.75) is 39.7 Å². The minimum Gasteiger partial charge on any atom is -0.368 e. The van der Waals surface area contributed by atoms with Crippen LogP contribution in [0.1, 0.15) is 49.2 Å². The summed E-state index contributed by atoms with van der Waals surface area (Å²) in [6, 6.07) is 11.7. The number of rotatable bonds is 7. The van der Waals surface area contributed by atoms with Crippen molar-refractivity contribution in [3.05, 3.63) is 68.5 Å². The molecule has 1 fully saturated rings. The Balaban J connectivity index is 1.43. The topological polar surface area (TPSA) is 120 Å². The Labute approximate surface area is 208 Å². The van der Waals surface area contributed by atoms with Gasteiger partial charge in [-0.2, -0.15) is 0 Å². The number of piperazine rings is 1. The van der Waals surface area contributed by atoms with Gasteiger partial charge < -0.3 is 15.1 Å². The van der Waals surface area contributed by atoms with Gasteiger partial charge in [-0.1, -0.05) is 32.0 Å². The van der Waals surface area contributed by atoms with Crippen molar-refractivity contribution in [1.82, 2.24) is 24.8 Å². The first-order valence-corrected chi connectivity index (χ1v) is 12.3.